The van der Waals surface area contributed by atoms with Gasteiger partial charge in [-0.25, -0.2) is 9.37 Å². The summed E-state index contributed by atoms with van der Waals surface area (Å²) >= 11 is 0. The predicted octanol–water partition coefficient (Wildman–Crippen LogP) is 3.46. The molecule has 35 heavy (non-hydrogen) atoms. The summed E-state index contributed by atoms with van der Waals surface area (Å²) in [5, 5.41) is 3.84. The number of methoxy groups -OCH3 is 2. The van der Waals surface area contributed by atoms with Crippen LogP contribution in [0.5, 0.6) is 11.5 Å². The standard InChI is InChI=1S/C26H30FN5O3/c1-34-18-12-16-11-17(8-9-19(16)22(13-18)35-2)29-26-30-21-7-3-6-20(27)23(21)25(31-26)32-10-4-5-15(14-32)24(28)33/h3,6-7,12-13,15,17H,4-5,8-11,14H2,1-2H3,(H2,28,33)(H,29,30,31). The number of nitrogens with zero attached hydrogens (tertiary/aromatic N) is 3. The van der Waals surface area contributed by atoms with Gasteiger partial charge in [0.2, 0.25) is 11.9 Å². The van der Waals surface area contributed by atoms with Crippen LogP contribution < -0.4 is 25.4 Å². The number of halogens is 1. The quantitative estimate of drug-likeness (QED) is 0.558. The highest BCUT2D eigenvalue weighted by Crippen LogP contribution is 2.35. The van der Waals surface area contributed by atoms with E-state index in [-0.39, 0.29) is 23.7 Å². The minimum absolute atomic E-state index is 0.0953. The molecule has 2 heterocycles. The molecule has 0 saturated carbocycles. The first-order valence-electron chi connectivity index (χ1n) is 12.0. The molecule has 9 heteroatoms. The third kappa shape index (κ3) is 4.54. The minimum Gasteiger partial charge on any atom is -0.497 e. The Bertz CT molecular complexity index is 1270. The zero-order valence-electron chi connectivity index (χ0n) is 20.0. The maximum absolute atomic E-state index is 14.9. The lowest BCUT2D eigenvalue weighted by molar-refractivity contribution is -0.122. The van der Waals surface area contributed by atoms with E-state index in [1.54, 1.807) is 26.4 Å². The van der Waals surface area contributed by atoms with Gasteiger partial charge in [-0.2, -0.15) is 4.98 Å². The van der Waals surface area contributed by atoms with Crippen LogP contribution in [-0.4, -0.2) is 49.2 Å². The summed E-state index contributed by atoms with van der Waals surface area (Å²) < 4.78 is 25.9. The van der Waals surface area contributed by atoms with Crippen molar-refractivity contribution in [3.8, 4) is 11.5 Å². The fourth-order valence-corrected chi connectivity index (χ4v) is 5.25. The fourth-order valence-electron chi connectivity index (χ4n) is 5.25. The van der Waals surface area contributed by atoms with E-state index in [4.69, 9.17) is 20.2 Å². The van der Waals surface area contributed by atoms with Crippen molar-refractivity contribution in [3.63, 3.8) is 0 Å². The average Bonchev–Trinajstić information content (AvgIpc) is 2.87. The Kier molecular flexibility index (Phi) is 6.32. The van der Waals surface area contributed by atoms with Gasteiger partial charge in [0.1, 0.15) is 23.1 Å². The molecule has 1 aromatic heterocycles. The van der Waals surface area contributed by atoms with Gasteiger partial charge in [0, 0.05) is 25.2 Å². The van der Waals surface area contributed by atoms with Crippen molar-refractivity contribution in [3.05, 3.63) is 47.3 Å². The van der Waals surface area contributed by atoms with E-state index in [9.17, 15) is 9.18 Å². The van der Waals surface area contributed by atoms with Crippen molar-refractivity contribution in [2.24, 2.45) is 11.7 Å². The normalized spacial score (nSPS) is 19.8. The third-order valence-electron chi connectivity index (χ3n) is 7.05. The summed E-state index contributed by atoms with van der Waals surface area (Å²) in [6, 6.07) is 8.91. The zero-order valence-corrected chi connectivity index (χ0v) is 20.0. The van der Waals surface area contributed by atoms with E-state index in [1.807, 2.05) is 17.0 Å². The van der Waals surface area contributed by atoms with Crippen molar-refractivity contribution in [1.82, 2.24) is 9.97 Å². The molecule has 1 amide bonds. The Morgan fingerprint density at radius 2 is 2.06 bits per heavy atom. The molecule has 8 nitrogen and oxygen atoms in total. The molecule has 5 rings (SSSR count). The average molecular weight is 480 g/mol. The van der Waals surface area contributed by atoms with Crippen LogP contribution in [0.2, 0.25) is 0 Å². The van der Waals surface area contributed by atoms with Crippen LogP contribution in [0.25, 0.3) is 10.9 Å². The molecular formula is C26H30FN5O3. The van der Waals surface area contributed by atoms with Crippen molar-refractivity contribution < 1.29 is 18.7 Å². The molecule has 3 aromatic rings. The summed E-state index contributed by atoms with van der Waals surface area (Å²) in [6.07, 6.45) is 4.01. The summed E-state index contributed by atoms with van der Waals surface area (Å²) in [4.78, 5) is 23.2. The Morgan fingerprint density at radius 3 is 2.83 bits per heavy atom. The predicted molar refractivity (Wildman–Crippen MR) is 133 cm³/mol. The largest absolute Gasteiger partial charge is 0.497 e. The number of nitrogens with one attached hydrogen (secondary N) is 1. The van der Waals surface area contributed by atoms with Crippen LogP contribution in [0, 0.1) is 11.7 Å². The van der Waals surface area contributed by atoms with Gasteiger partial charge in [-0.15, -0.1) is 0 Å². The molecule has 1 aliphatic heterocycles. The van der Waals surface area contributed by atoms with Gasteiger partial charge >= 0.3 is 0 Å². The number of fused-ring (bicyclic) bond motifs is 2. The highest BCUT2D eigenvalue weighted by molar-refractivity contribution is 5.91. The zero-order chi connectivity index (χ0) is 24.5. The Morgan fingerprint density at radius 1 is 1.20 bits per heavy atom. The molecule has 0 radical (unpaired) electrons. The van der Waals surface area contributed by atoms with Crippen molar-refractivity contribution in [2.75, 3.05) is 37.5 Å². The number of amides is 1. The number of anilines is 2. The number of rotatable bonds is 6. The number of hydrogen-bond acceptors (Lipinski definition) is 7. The summed E-state index contributed by atoms with van der Waals surface area (Å²) in [6.45, 7) is 1.10. The lowest BCUT2D eigenvalue weighted by Gasteiger charge is -2.33. The number of carbonyl (C=O) groups excluding carboxylic acids is 1. The number of primary amides is 1. The highest BCUT2D eigenvalue weighted by atomic mass is 19.1. The summed E-state index contributed by atoms with van der Waals surface area (Å²) in [7, 11) is 3.32. The van der Waals surface area contributed by atoms with Gasteiger partial charge < -0.3 is 25.4 Å². The van der Waals surface area contributed by atoms with Crippen molar-refractivity contribution >= 4 is 28.6 Å². The first-order chi connectivity index (χ1) is 17.0. The Labute approximate surface area is 203 Å². The van der Waals surface area contributed by atoms with E-state index >= 15 is 0 Å². The van der Waals surface area contributed by atoms with Gasteiger partial charge in [-0.1, -0.05) is 6.07 Å². The minimum atomic E-state index is -0.379. The molecule has 2 unspecified atom stereocenters. The number of carbonyl (C=O) groups is 1. The SMILES string of the molecule is COc1cc2c(c(OC)c1)CCC(Nc1nc(N3CCCC(C(N)=O)C3)c3c(F)cccc3n1)C2. The van der Waals surface area contributed by atoms with Gasteiger partial charge in [0.25, 0.3) is 0 Å². The van der Waals surface area contributed by atoms with Crippen LogP contribution >= 0.6 is 0 Å². The third-order valence-corrected chi connectivity index (χ3v) is 7.05. The number of benzene rings is 2. The molecule has 1 fully saturated rings. The highest BCUT2D eigenvalue weighted by Gasteiger charge is 2.28. The molecule has 2 aromatic carbocycles. The topological polar surface area (TPSA) is 103 Å². The molecule has 2 atom stereocenters. The van der Waals surface area contributed by atoms with Gasteiger partial charge in [-0.05, 0) is 61.4 Å². The number of nitrogens with two attached hydrogens (primary N) is 1. The molecule has 184 valence electrons. The smallest absolute Gasteiger partial charge is 0.225 e. The second-order valence-corrected chi connectivity index (χ2v) is 9.24. The monoisotopic (exact) mass is 479 g/mol. The van der Waals surface area contributed by atoms with E-state index in [1.165, 1.54) is 11.6 Å². The van der Waals surface area contributed by atoms with Crippen molar-refractivity contribution in [2.45, 2.75) is 38.1 Å². The van der Waals surface area contributed by atoms with Gasteiger partial charge in [0.05, 0.1) is 31.0 Å². The first kappa shape index (κ1) is 23.1. The number of aromatic nitrogens is 2. The van der Waals surface area contributed by atoms with Crippen LogP contribution in [0.1, 0.15) is 30.4 Å². The number of piperidine rings is 1. The molecule has 0 bridgehead atoms. The molecular weight excluding hydrogens is 449 g/mol. The summed E-state index contributed by atoms with van der Waals surface area (Å²) in [5.74, 6) is 1.55. The van der Waals surface area contributed by atoms with E-state index in [0.717, 1.165) is 49.2 Å². The first-order valence-corrected chi connectivity index (χ1v) is 12.0. The Hall–Kier alpha value is -3.62. The Balaban J connectivity index is 1.46. The number of ether oxygens (including phenoxy) is 2. The van der Waals surface area contributed by atoms with E-state index < -0.39 is 0 Å². The fraction of sp³-hybridized carbons (Fsp3) is 0.423. The van der Waals surface area contributed by atoms with Crippen molar-refractivity contribution in [1.29, 1.82) is 0 Å². The lowest BCUT2D eigenvalue weighted by atomic mass is 9.87. The molecule has 1 aliphatic carbocycles. The van der Waals surface area contributed by atoms with Crippen LogP contribution in [-0.2, 0) is 17.6 Å². The lowest BCUT2D eigenvalue weighted by Crippen LogP contribution is -2.41. The van der Waals surface area contributed by atoms with E-state index in [0.29, 0.717) is 35.8 Å². The maximum atomic E-state index is 14.9. The second kappa shape index (κ2) is 9.56. The van der Waals surface area contributed by atoms with Crippen LogP contribution in [0.4, 0.5) is 16.2 Å². The van der Waals surface area contributed by atoms with Crippen LogP contribution in [0.15, 0.2) is 30.3 Å². The molecule has 2 aliphatic rings. The molecule has 3 N–H and O–H groups in total. The van der Waals surface area contributed by atoms with Gasteiger partial charge in [-0.3, -0.25) is 4.79 Å². The molecule has 1 saturated heterocycles. The van der Waals surface area contributed by atoms with Crippen LogP contribution in [0.3, 0.4) is 0 Å². The molecule has 0 spiro atoms. The maximum Gasteiger partial charge on any atom is 0.225 e. The van der Waals surface area contributed by atoms with Gasteiger partial charge in [0.15, 0.2) is 0 Å². The number of hydrogen-bond donors (Lipinski definition) is 2. The second-order valence-electron chi connectivity index (χ2n) is 9.24. The summed E-state index contributed by atoms with van der Waals surface area (Å²) in [5.41, 5.74) is 8.47. The van der Waals surface area contributed by atoms with E-state index in [2.05, 4.69) is 10.3 Å².